The number of ketones is 3. The lowest BCUT2D eigenvalue weighted by Gasteiger charge is -2.13. The van der Waals surface area contributed by atoms with Crippen molar-refractivity contribution in [1.82, 2.24) is 13.7 Å². The summed E-state index contributed by atoms with van der Waals surface area (Å²) in [5, 5.41) is 0. The SMILES string of the molecule is COC(=O)C(Cc1ccc(OCCn2c(=O)sc3cc(C(=O)c4ccccc4)ccc32)cc1)C(=O)OC.COC(=O)C(Cc1ccc(OCCn2c(=O)sc3cc(C(=O)c4ccccc4)ccc32)cc1)C(=O)OC.COC(=O)C(Cc1ccc(OCCn2c(=O)sc3cc(C(=O)c4ccccc4)ccc32)cc1)C(=O)OC. The highest BCUT2D eigenvalue weighted by Crippen LogP contribution is 2.27. The molecule has 0 amide bonds. The van der Waals surface area contributed by atoms with Gasteiger partial charge < -0.3 is 42.6 Å². The van der Waals surface area contributed by atoms with Gasteiger partial charge in [-0.2, -0.15) is 0 Å². The van der Waals surface area contributed by atoms with E-state index in [-0.39, 0.29) is 71.1 Å². The van der Waals surface area contributed by atoms with E-state index in [9.17, 15) is 57.5 Å². The molecular formula is C84H75N3O21S3. The summed E-state index contributed by atoms with van der Waals surface area (Å²) in [6.45, 7) is 1.76. The summed E-state index contributed by atoms with van der Waals surface area (Å²) < 4.78 is 52.7. The van der Waals surface area contributed by atoms with Crippen LogP contribution in [0.1, 0.15) is 64.5 Å². The molecule has 0 fully saturated rings. The summed E-state index contributed by atoms with van der Waals surface area (Å²) in [4.78, 5) is 147. The molecule has 0 N–H and O–H groups in total. The molecule has 111 heavy (non-hydrogen) atoms. The maximum atomic E-state index is 12.7. The number of fused-ring (bicyclic) bond motifs is 3. The minimum Gasteiger partial charge on any atom is -0.492 e. The zero-order chi connectivity index (χ0) is 79.1. The van der Waals surface area contributed by atoms with Gasteiger partial charge in [0, 0.05) is 33.4 Å². The van der Waals surface area contributed by atoms with E-state index >= 15 is 0 Å². The zero-order valence-electron chi connectivity index (χ0n) is 61.0. The van der Waals surface area contributed by atoms with Gasteiger partial charge in [-0.25, -0.2) is 0 Å². The lowest BCUT2D eigenvalue weighted by molar-refractivity contribution is -0.160. The van der Waals surface area contributed by atoms with Crippen molar-refractivity contribution in [3.05, 3.63) is 297 Å². The summed E-state index contributed by atoms with van der Waals surface area (Å²) in [6, 6.07) is 63.8. The molecule has 0 aliphatic rings. The third-order valence-corrected chi connectivity index (χ3v) is 20.5. The number of hydrogen-bond acceptors (Lipinski definition) is 24. The molecule has 0 bridgehead atoms. The molecule has 0 saturated heterocycles. The smallest absolute Gasteiger partial charge is 0.320 e. The number of esters is 6. The van der Waals surface area contributed by atoms with Gasteiger partial charge in [-0.1, -0.05) is 161 Å². The van der Waals surface area contributed by atoms with E-state index in [0.29, 0.717) is 70.3 Å². The molecule has 12 rings (SSSR count). The van der Waals surface area contributed by atoms with Crippen LogP contribution in [0.4, 0.5) is 0 Å². The Labute approximate surface area is 647 Å². The minimum atomic E-state index is -1.04. The normalized spacial score (nSPS) is 10.9. The standard InChI is InChI=1S/3C28H25NO7S/c3*1-34-26(31)22(27(32)35-2)16-18-8-11-21(12-9-18)36-15-14-29-23-13-10-20(17-24(23)37-28(29)33)25(30)19-6-4-3-5-7-19/h3*3-13,17,22H,14-16H2,1-2H3. The first-order chi connectivity index (χ1) is 53.7. The van der Waals surface area contributed by atoms with Crippen molar-refractivity contribution >= 4 is 118 Å². The van der Waals surface area contributed by atoms with E-state index < -0.39 is 53.6 Å². The summed E-state index contributed by atoms with van der Waals surface area (Å²) in [6.07, 6.45) is 0.431. The number of aromatic nitrogens is 3. The summed E-state index contributed by atoms with van der Waals surface area (Å²) in [7, 11) is 7.34. The van der Waals surface area contributed by atoms with Crippen molar-refractivity contribution in [2.75, 3.05) is 62.5 Å². The number of hydrogen-bond donors (Lipinski definition) is 0. The van der Waals surface area contributed by atoms with Crippen molar-refractivity contribution in [3.8, 4) is 17.2 Å². The van der Waals surface area contributed by atoms with Gasteiger partial charge in [0.15, 0.2) is 35.1 Å². The summed E-state index contributed by atoms with van der Waals surface area (Å²) >= 11 is 3.28. The van der Waals surface area contributed by atoms with Crippen LogP contribution in [0.15, 0.2) is 233 Å². The van der Waals surface area contributed by atoms with Gasteiger partial charge in [-0.05, 0) is 127 Å². The van der Waals surface area contributed by atoms with Gasteiger partial charge in [0.25, 0.3) is 0 Å². The molecule has 24 nitrogen and oxygen atoms in total. The topological polar surface area (TPSA) is 303 Å². The van der Waals surface area contributed by atoms with E-state index in [1.54, 1.807) is 177 Å². The Morgan fingerprint density at radius 3 is 0.730 bits per heavy atom. The predicted molar refractivity (Wildman–Crippen MR) is 417 cm³/mol. The van der Waals surface area contributed by atoms with Crippen LogP contribution in [-0.4, -0.2) is 129 Å². The lowest BCUT2D eigenvalue weighted by Crippen LogP contribution is -2.28. The number of thiazole rings is 3. The first kappa shape index (κ1) is 80.8. The van der Waals surface area contributed by atoms with E-state index in [2.05, 4.69) is 0 Å². The minimum absolute atomic E-state index is 0.0915. The molecule has 3 heterocycles. The third-order valence-electron chi connectivity index (χ3n) is 17.7. The highest BCUT2D eigenvalue weighted by Gasteiger charge is 2.31. The van der Waals surface area contributed by atoms with Crippen LogP contribution in [0.3, 0.4) is 0 Å². The Morgan fingerprint density at radius 1 is 0.288 bits per heavy atom. The largest absolute Gasteiger partial charge is 0.492 e. The molecule has 0 atom stereocenters. The molecule has 0 unspecified atom stereocenters. The third kappa shape index (κ3) is 20.8. The molecule has 0 radical (unpaired) electrons. The molecule has 0 saturated carbocycles. The van der Waals surface area contributed by atoms with Crippen molar-refractivity contribution in [3.63, 3.8) is 0 Å². The zero-order valence-corrected chi connectivity index (χ0v) is 63.5. The number of rotatable bonds is 30. The molecule has 0 aliphatic carbocycles. The number of methoxy groups -OCH3 is 6. The molecular weight excluding hydrogens is 1480 g/mol. The second kappa shape index (κ2) is 38.9. The lowest BCUT2D eigenvalue weighted by atomic mass is 9.99. The van der Waals surface area contributed by atoms with Crippen molar-refractivity contribution in [2.24, 2.45) is 17.8 Å². The van der Waals surface area contributed by atoms with Crippen LogP contribution in [-0.2, 0) is 96.1 Å². The Balaban J connectivity index is 0.000000177. The number of carbonyl (C=O) groups is 9. The number of carbonyl (C=O) groups excluding carboxylic acids is 9. The van der Waals surface area contributed by atoms with Gasteiger partial charge in [-0.3, -0.25) is 71.2 Å². The van der Waals surface area contributed by atoms with Gasteiger partial charge in [-0.15, -0.1) is 0 Å². The monoisotopic (exact) mass is 1560 g/mol. The van der Waals surface area contributed by atoms with Gasteiger partial charge >= 0.3 is 50.4 Å². The van der Waals surface area contributed by atoms with Crippen LogP contribution in [0.5, 0.6) is 17.2 Å². The Hall–Kier alpha value is -12.7. The van der Waals surface area contributed by atoms with Crippen LogP contribution in [0, 0.1) is 17.8 Å². The fourth-order valence-corrected chi connectivity index (χ4v) is 14.7. The number of nitrogens with zero attached hydrogens (tertiary/aromatic N) is 3. The number of benzene rings is 9. The van der Waals surface area contributed by atoms with E-state index in [0.717, 1.165) is 81.4 Å². The maximum Gasteiger partial charge on any atom is 0.320 e. The van der Waals surface area contributed by atoms with Crippen LogP contribution in [0.2, 0.25) is 0 Å². The van der Waals surface area contributed by atoms with Gasteiger partial charge in [0.05, 0.1) is 92.9 Å². The fraction of sp³-hybridized carbons (Fsp3) is 0.214. The van der Waals surface area contributed by atoms with Gasteiger partial charge in [0.1, 0.15) is 37.1 Å². The van der Waals surface area contributed by atoms with Gasteiger partial charge in [0.2, 0.25) is 0 Å². The molecule has 0 aliphatic heterocycles. The Morgan fingerprint density at radius 2 is 0.514 bits per heavy atom. The summed E-state index contributed by atoms with van der Waals surface area (Å²) in [5.41, 5.74) is 7.86. The molecule has 27 heteroatoms. The second-order valence-electron chi connectivity index (χ2n) is 24.6. The average Bonchev–Trinajstić information content (AvgIpc) is 1.67. The van der Waals surface area contributed by atoms with E-state index in [1.807, 2.05) is 54.6 Å². The highest BCUT2D eigenvalue weighted by atomic mass is 32.1. The molecule has 9 aromatic carbocycles. The first-order valence-electron chi connectivity index (χ1n) is 34.5. The van der Waals surface area contributed by atoms with E-state index in [1.165, 1.54) is 42.7 Å². The van der Waals surface area contributed by atoms with E-state index in [4.69, 9.17) is 42.6 Å². The fourth-order valence-electron chi connectivity index (χ4n) is 11.8. The summed E-state index contributed by atoms with van der Waals surface area (Å²) in [5.74, 6) is -5.57. The number of ether oxygens (including phenoxy) is 9. The maximum absolute atomic E-state index is 12.7. The Kier molecular flexibility index (Phi) is 28.3. The van der Waals surface area contributed by atoms with Crippen molar-refractivity contribution < 1.29 is 85.8 Å². The van der Waals surface area contributed by atoms with Crippen molar-refractivity contribution in [2.45, 2.75) is 38.9 Å². The van der Waals surface area contributed by atoms with Crippen LogP contribution >= 0.6 is 34.0 Å². The predicted octanol–water partition coefficient (Wildman–Crippen LogP) is 11.6. The van der Waals surface area contributed by atoms with Crippen LogP contribution in [0.25, 0.3) is 30.6 Å². The highest BCUT2D eigenvalue weighted by molar-refractivity contribution is 7.17. The average molecular weight is 1560 g/mol. The molecule has 570 valence electrons. The van der Waals surface area contributed by atoms with Crippen LogP contribution < -0.4 is 28.8 Å². The Bertz CT molecular complexity index is 4910. The second-order valence-corrected chi connectivity index (χ2v) is 27.6. The molecule has 3 aromatic heterocycles. The van der Waals surface area contributed by atoms with Crippen molar-refractivity contribution in [1.29, 1.82) is 0 Å². The molecule has 0 spiro atoms. The quantitative estimate of drug-likeness (QED) is 0.0175. The molecule has 12 aromatic rings. The first-order valence-corrected chi connectivity index (χ1v) is 37.0.